The molecule has 2 saturated heterocycles. The molecular weight excluding hydrogens is 410 g/mol. The second-order valence-electron chi connectivity index (χ2n) is 8.57. The van der Waals surface area contributed by atoms with Crippen molar-refractivity contribution < 1.29 is 9.59 Å². The minimum absolute atomic E-state index is 0.0320. The molecule has 164 valence electrons. The van der Waals surface area contributed by atoms with Gasteiger partial charge in [-0.15, -0.1) is 0 Å². The summed E-state index contributed by atoms with van der Waals surface area (Å²) in [6, 6.07) is 15.3. The van der Waals surface area contributed by atoms with Crippen LogP contribution in [0.5, 0.6) is 0 Å². The predicted octanol–water partition coefficient (Wildman–Crippen LogP) is 4.10. The third-order valence-electron chi connectivity index (χ3n) is 6.33. The summed E-state index contributed by atoms with van der Waals surface area (Å²) in [6.45, 7) is 4.93. The SMILES string of the molecule is O=C(NCc1ccccc1CN1CCCC1)[C@H]1CCCN(C(=O)c2ccc(Cl)cc2)C1. The van der Waals surface area contributed by atoms with Crippen molar-refractivity contribution in [3.63, 3.8) is 0 Å². The number of piperidine rings is 1. The van der Waals surface area contributed by atoms with Crippen LogP contribution in [0.15, 0.2) is 48.5 Å². The second kappa shape index (κ2) is 10.3. The first-order valence-electron chi connectivity index (χ1n) is 11.2. The zero-order chi connectivity index (χ0) is 21.6. The molecule has 2 aliphatic heterocycles. The molecule has 0 unspecified atom stereocenters. The Kier molecular flexibility index (Phi) is 7.25. The zero-order valence-corrected chi connectivity index (χ0v) is 18.6. The molecule has 0 saturated carbocycles. The van der Waals surface area contributed by atoms with Gasteiger partial charge in [-0.2, -0.15) is 0 Å². The molecule has 0 radical (unpaired) electrons. The smallest absolute Gasteiger partial charge is 0.253 e. The van der Waals surface area contributed by atoms with Crippen molar-refractivity contribution in [3.8, 4) is 0 Å². The lowest BCUT2D eigenvalue weighted by Crippen LogP contribution is -2.45. The van der Waals surface area contributed by atoms with E-state index in [1.165, 1.54) is 24.0 Å². The van der Waals surface area contributed by atoms with Gasteiger partial charge in [0.15, 0.2) is 0 Å². The molecule has 2 amide bonds. The average Bonchev–Trinajstić information content (AvgIpc) is 3.31. The van der Waals surface area contributed by atoms with Crippen molar-refractivity contribution in [2.75, 3.05) is 26.2 Å². The molecule has 2 aliphatic rings. The molecule has 5 nitrogen and oxygen atoms in total. The normalized spacial score (nSPS) is 19.4. The first-order valence-corrected chi connectivity index (χ1v) is 11.6. The fraction of sp³-hybridized carbons (Fsp3) is 0.440. The van der Waals surface area contributed by atoms with Gasteiger partial charge in [-0.1, -0.05) is 35.9 Å². The lowest BCUT2D eigenvalue weighted by Gasteiger charge is -2.32. The quantitative estimate of drug-likeness (QED) is 0.737. The number of benzene rings is 2. The number of carbonyl (C=O) groups excluding carboxylic acids is 2. The molecule has 1 N–H and O–H groups in total. The van der Waals surface area contributed by atoms with Crippen molar-refractivity contribution in [2.24, 2.45) is 5.92 Å². The first-order chi connectivity index (χ1) is 15.1. The zero-order valence-electron chi connectivity index (χ0n) is 17.9. The Hall–Kier alpha value is -2.37. The van der Waals surface area contributed by atoms with Crippen LogP contribution < -0.4 is 5.32 Å². The molecule has 0 spiro atoms. The van der Waals surface area contributed by atoms with E-state index in [-0.39, 0.29) is 17.7 Å². The van der Waals surface area contributed by atoms with Crippen LogP contribution >= 0.6 is 11.6 Å². The summed E-state index contributed by atoms with van der Waals surface area (Å²) in [6.07, 6.45) is 4.19. The Morgan fingerprint density at radius 1 is 0.935 bits per heavy atom. The van der Waals surface area contributed by atoms with Crippen LogP contribution in [0, 0.1) is 5.92 Å². The van der Waals surface area contributed by atoms with Gasteiger partial charge in [-0.3, -0.25) is 14.5 Å². The van der Waals surface area contributed by atoms with Crippen molar-refractivity contribution in [1.82, 2.24) is 15.1 Å². The molecule has 0 bridgehead atoms. The van der Waals surface area contributed by atoms with E-state index in [2.05, 4.69) is 28.4 Å². The number of likely N-dealkylation sites (tertiary alicyclic amines) is 2. The molecule has 31 heavy (non-hydrogen) atoms. The van der Waals surface area contributed by atoms with Gasteiger partial charge >= 0.3 is 0 Å². The Bertz CT molecular complexity index is 909. The van der Waals surface area contributed by atoms with E-state index in [4.69, 9.17) is 11.6 Å². The van der Waals surface area contributed by atoms with E-state index in [1.54, 1.807) is 29.2 Å². The number of carbonyl (C=O) groups is 2. The largest absolute Gasteiger partial charge is 0.352 e. The highest BCUT2D eigenvalue weighted by Crippen LogP contribution is 2.21. The molecule has 2 fully saturated rings. The number of nitrogens with one attached hydrogen (secondary N) is 1. The van der Waals surface area contributed by atoms with Gasteiger partial charge in [0.1, 0.15) is 0 Å². The molecule has 0 aromatic heterocycles. The van der Waals surface area contributed by atoms with E-state index in [9.17, 15) is 9.59 Å². The molecule has 0 aliphatic carbocycles. The van der Waals surface area contributed by atoms with Gasteiger partial charge in [0.25, 0.3) is 5.91 Å². The number of rotatable bonds is 6. The van der Waals surface area contributed by atoms with Crippen LogP contribution in [-0.2, 0) is 17.9 Å². The highest BCUT2D eigenvalue weighted by Gasteiger charge is 2.29. The summed E-state index contributed by atoms with van der Waals surface area (Å²) >= 11 is 5.93. The van der Waals surface area contributed by atoms with Gasteiger partial charge in [0.05, 0.1) is 5.92 Å². The molecule has 2 heterocycles. The molecule has 1 atom stereocenters. The second-order valence-corrected chi connectivity index (χ2v) is 9.00. The topological polar surface area (TPSA) is 52.7 Å². The Morgan fingerprint density at radius 2 is 1.65 bits per heavy atom. The minimum Gasteiger partial charge on any atom is -0.352 e. The van der Waals surface area contributed by atoms with Gasteiger partial charge < -0.3 is 10.2 Å². The van der Waals surface area contributed by atoms with Crippen LogP contribution in [-0.4, -0.2) is 47.8 Å². The molecule has 4 rings (SSSR count). The first kappa shape index (κ1) is 21.8. The van der Waals surface area contributed by atoms with E-state index < -0.39 is 0 Å². The van der Waals surface area contributed by atoms with E-state index in [0.717, 1.165) is 32.5 Å². The van der Waals surface area contributed by atoms with E-state index in [1.807, 2.05) is 6.07 Å². The summed E-state index contributed by atoms with van der Waals surface area (Å²) in [5.41, 5.74) is 3.07. The fourth-order valence-electron chi connectivity index (χ4n) is 4.54. The lowest BCUT2D eigenvalue weighted by atomic mass is 9.96. The van der Waals surface area contributed by atoms with Crippen LogP contribution in [0.2, 0.25) is 5.02 Å². The molecule has 2 aromatic carbocycles. The maximum Gasteiger partial charge on any atom is 0.253 e. The van der Waals surface area contributed by atoms with Gasteiger partial charge in [-0.25, -0.2) is 0 Å². The number of hydrogen-bond donors (Lipinski definition) is 1. The Labute approximate surface area is 189 Å². The fourth-order valence-corrected chi connectivity index (χ4v) is 4.67. The van der Waals surface area contributed by atoms with Crippen LogP contribution in [0.25, 0.3) is 0 Å². The third-order valence-corrected chi connectivity index (χ3v) is 6.59. The number of hydrogen-bond acceptors (Lipinski definition) is 3. The summed E-state index contributed by atoms with van der Waals surface area (Å²) in [5.74, 6) is -0.176. The van der Waals surface area contributed by atoms with Gasteiger partial charge in [0.2, 0.25) is 5.91 Å². The summed E-state index contributed by atoms with van der Waals surface area (Å²) in [5, 5.41) is 3.74. The van der Waals surface area contributed by atoms with Crippen molar-refractivity contribution in [2.45, 2.75) is 38.8 Å². The van der Waals surface area contributed by atoms with E-state index in [0.29, 0.717) is 30.2 Å². The maximum absolute atomic E-state index is 12.9. The molecular formula is C25H30ClN3O2. The summed E-state index contributed by atoms with van der Waals surface area (Å²) < 4.78 is 0. The van der Waals surface area contributed by atoms with Crippen LogP contribution in [0.4, 0.5) is 0 Å². The predicted molar refractivity (Wildman–Crippen MR) is 123 cm³/mol. The van der Waals surface area contributed by atoms with Crippen molar-refractivity contribution >= 4 is 23.4 Å². The molecule has 2 aromatic rings. The Morgan fingerprint density at radius 3 is 2.39 bits per heavy atom. The molecule has 6 heteroatoms. The highest BCUT2D eigenvalue weighted by atomic mass is 35.5. The number of nitrogens with zero attached hydrogens (tertiary/aromatic N) is 2. The van der Waals surface area contributed by atoms with Crippen LogP contribution in [0.3, 0.4) is 0 Å². The Balaban J connectivity index is 1.33. The standard InChI is InChI=1S/C25H30ClN3O2/c26-23-11-9-19(10-12-23)25(31)29-15-5-8-22(18-29)24(30)27-16-20-6-1-2-7-21(20)17-28-13-3-4-14-28/h1-2,6-7,9-12,22H,3-5,8,13-18H2,(H,27,30)/t22-/m0/s1. The van der Waals surface area contributed by atoms with E-state index >= 15 is 0 Å². The minimum atomic E-state index is -0.171. The van der Waals surface area contributed by atoms with Crippen molar-refractivity contribution in [1.29, 1.82) is 0 Å². The average molecular weight is 440 g/mol. The van der Waals surface area contributed by atoms with Crippen molar-refractivity contribution in [3.05, 3.63) is 70.2 Å². The summed E-state index contributed by atoms with van der Waals surface area (Å²) in [7, 11) is 0. The van der Waals surface area contributed by atoms with Gasteiger partial charge in [0, 0.05) is 36.8 Å². The monoisotopic (exact) mass is 439 g/mol. The number of halogens is 1. The lowest BCUT2D eigenvalue weighted by molar-refractivity contribution is -0.126. The van der Waals surface area contributed by atoms with Gasteiger partial charge in [-0.05, 0) is 74.2 Å². The third kappa shape index (κ3) is 5.66. The highest BCUT2D eigenvalue weighted by molar-refractivity contribution is 6.30. The maximum atomic E-state index is 12.9. The van der Waals surface area contributed by atoms with Crippen LogP contribution in [0.1, 0.15) is 47.2 Å². The summed E-state index contributed by atoms with van der Waals surface area (Å²) in [4.78, 5) is 30.0. The number of amides is 2.